The van der Waals surface area contributed by atoms with E-state index in [0.717, 1.165) is 45.5 Å². The number of thioether (sulfide) groups is 1. The molecular formula is C17H21BrN4O2S2. The summed E-state index contributed by atoms with van der Waals surface area (Å²) < 4.78 is 7.38. The van der Waals surface area contributed by atoms with Gasteiger partial charge in [0.15, 0.2) is 4.34 Å². The van der Waals surface area contributed by atoms with Gasteiger partial charge in [-0.15, -0.1) is 10.2 Å². The second kappa shape index (κ2) is 9.68. The fourth-order valence-electron chi connectivity index (χ4n) is 2.59. The quantitative estimate of drug-likeness (QED) is 0.587. The molecule has 2 atom stereocenters. The van der Waals surface area contributed by atoms with E-state index in [1.54, 1.807) is 0 Å². The summed E-state index contributed by atoms with van der Waals surface area (Å²) in [5.74, 6) is 0.302. The van der Waals surface area contributed by atoms with Crippen molar-refractivity contribution in [1.82, 2.24) is 15.5 Å². The molecule has 2 heterocycles. The van der Waals surface area contributed by atoms with Gasteiger partial charge in [0, 0.05) is 17.6 Å². The molecule has 1 aliphatic heterocycles. The van der Waals surface area contributed by atoms with Crippen molar-refractivity contribution in [3.05, 3.63) is 34.3 Å². The van der Waals surface area contributed by atoms with Gasteiger partial charge in [-0.3, -0.25) is 4.79 Å². The van der Waals surface area contributed by atoms with Gasteiger partial charge in [-0.1, -0.05) is 51.2 Å². The molecule has 2 aromatic rings. The maximum Gasteiger partial charge on any atom is 0.230 e. The summed E-state index contributed by atoms with van der Waals surface area (Å²) in [4.78, 5) is 12.2. The van der Waals surface area contributed by atoms with E-state index in [4.69, 9.17) is 4.74 Å². The molecular weight excluding hydrogens is 436 g/mol. The molecule has 1 fully saturated rings. The van der Waals surface area contributed by atoms with E-state index in [1.165, 1.54) is 23.1 Å². The molecule has 9 heteroatoms. The van der Waals surface area contributed by atoms with E-state index >= 15 is 0 Å². The number of nitrogens with zero attached hydrogens (tertiary/aromatic N) is 2. The van der Waals surface area contributed by atoms with Gasteiger partial charge in [0.1, 0.15) is 0 Å². The summed E-state index contributed by atoms with van der Waals surface area (Å²) in [6.07, 6.45) is 2.47. The predicted molar refractivity (Wildman–Crippen MR) is 109 cm³/mol. The third-order valence-electron chi connectivity index (χ3n) is 3.99. The average Bonchev–Trinajstić information content (AvgIpc) is 3.30. The van der Waals surface area contributed by atoms with Crippen LogP contribution in [0.5, 0.6) is 0 Å². The van der Waals surface area contributed by atoms with Gasteiger partial charge in [-0.2, -0.15) is 0 Å². The molecule has 1 aliphatic rings. The molecule has 1 amide bonds. The number of anilines is 1. The number of hydrogen-bond acceptors (Lipinski definition) is 7. The monoisotopic (exact) mass is 456 g/mol. The molecule has 6 nitrogen and oxygen atoms in total. The summed E-state index contributed by atoms with van der Waals surface area (Å²) in [7, 11) is 0. The molecule has 0 aliphatic carbocycles. The summed E-state index contributed by atoms with van der Waals surface area (Å²) in [6.45, 7) is 3.58. The Bertz CT molecular complexity index is 720. The lowest BCUT2D eigenvalue weighted by atomic mass is 10.1. The molecule has 0 spiro atoms. The normalized spacial score (nSPS) is 17.8. The first-order chi connectivity index (χ1) is 12.6. The van der Waals surface area contributed by atoms with Gasteiger partial charge in [0.05, 0.1) is 17.9 Å². The smallest absolute Gasteiger partial charge is 0.230 e. The number of amides is 1. The Labute approximate surface area is 169 Å². The topological polar surface area (TPSA) is 76.1 Å². The van der Waals surface area contributed by atoms with Gasteiger partial charge in [-0.25, -0.2) is 0 Å². The molecule has 3 rings (SSSR count). The Hall–Kier alpha value is -1.16. The lowest BCUT2D eigenvalue weighted by Gasteiger charge is -2.14. The van der Waals surface area contributed by atoms with Crippen LogP contribution in [0.15, 0.2) is 33.1 Å². The van der Waals surface area contributed by atoms with E-state index in [9.17, 15) is 4.79 Å². The van der Waals surface area contributed by atoms with Crippen molar-refractivity contribution in [3.63, 3.8) is 0 Å². The largest absolute Gasteiger partial charge is 0.376 e. The van der Waals surface area contributed by atoms with E-state index in [-0.39, 0.29) is 18.1 Å². The molecule has 0 saturated carbocycles. The average molecular weight is 457 g/mol. The van der Waals surface area contributed by atoms with Crippen molar-refractivity contribution in [2.45, 2.75) is 36.3 Å². The van der Waals surface area contributed by atoms with Crippen LogP contribution in [-0.4, -0.2) is 41.1 Å². The highest BCUT2D eigenvalue weighted by molar-refractivity contribution is 9.10. The SMILES string of the molecule is C[C@H](NC(=O)CSc1nnc(NC[C@H]2CCCO2)s1)c1ccc(Br)cc1. The molecule has 1 saturated heterocycles. The van der Waals surface area contributed by atoms with Crippen LogP contribution >= 0.6 is 39.0 Å². The van der Waals surface area contributed by atoms with Crippen LogP contribution in [0.3, 0.4) is 0 Å². The van der Waals surface area contributed by atoms with Gasteiger partial charge in [0.2, 0.25) is 11.0 Å². The van der Waals surface area contributed by atoms with Crippen LogP contribution in [0, 0.1) is 0 Å². The van der Waals surface area contributed by atoms with Crippen molar-refractivity contribution >= 4 is 50.1 Å². The second-order valence-corrected chi connectivity index (χ2v) is 9.13. The number of carbonyl (C=O) groups is 1. The van der Waals surface area contributed by atoms with Crippen LogP contribution in [0.25, 0.3) is 0 Å². The van der Waals surface area contributed by atoms with E-state index in [2.05, 4.69) is 36.8 Å². The Morgan fingerprint density at radius 1 is 1.42 bits per heavy atom. The molecule has 140 valence electrons. The minimum Gasteiger partial charge on any atom is -0.376 e. The van der Waals surface area contributed by atoms with Crippen LogP contribution in [0.1, 0.15) is 31.4 Å². The highest BCUT2D eigenvalue weighted by Crippen LogP contribution is 2.26. The first kappa shape index (κ1) is 19.6. The fraction of sp³-hybridized carbons (Fsp3) is 0.471. The number of hydrogen-bond donors (Lipinski definition) is 2. The zero-order valence-corrected chi connectivity index (χ0v) is 17.6. The predicted octanol–water partition coefficient (Wildman–Crippen LogP) is 3.86. The molecule has 0 radical (unpaired) electrons. The zero-order chi connectivity index (χ0) is 18.4. The van der Waals surface area contributed by atoms with E-state index < -0.39 is 0 Å². The summed E-state index contributed by atoms with van der Waals surface area (Å²) in [5, 5.41) is 15.3. The Balaban J connectivity index is 1.40. The number of nitrogens with one attached hydrogen (secondary N) is 2. The van der Waals surface area contributed by atoms with Gasteiger partial charge in [0.25, 0.3) is 0 Å². The van der Waals surface area contributed by atoms with Gasteiger partial charge >= 0.3 is 0 Å². The molecule has 0 unspecified atom stereocenters. The third-order valence-corrected chi connectivity index (χ3v) is 6.53. The Morgan fingerprint density at radius 2 is 2.23 bits per heavy atom. The van der Waals surface area contributed by atoms with Crippen LogP contribution < -0.4 is 10.6 Å². The maximum atomic E-state index is 12.2. The van der Waals surface area contributed by atoms with Crippen LogP contribution in [0.2, 0.25) is 0 Å². The highest BCUT2D eigenvalue weighted by atomic mass is 79.9. The zero-order valence-electron chi connectivity index (χ0n) is 14.4. The van der Waals surface area contributed by atoms with Crippen LogP contribution in [-0.2, 0) is 9.53 Å². The number of halogens is 1. The van der Waals surface area contributed by atoms with Gasteiger partial charge in [-0.05, 0) is 37.5 Å². The maximum absolute atomic E-state index is 12.2. The first-order valence-electron chi connectivity index (χ1n) is 8.47. The van der Waals surface area contributed by atoms with Crippen molar-refractivity contribution < 1.29 is 9.53 Å². The highest BCUT2D eigenvalue weighted by Gasteiger charge is 2.16. The standard InChI is InChI=1S/C17H21BrN4O2S2/c1-11(12-4-6-13(18)7-5-12)20-15(23)10-25-17-22-21-16(26-17)19-9-14-3-2-8-24-14/h4-7,11,14H,2-3,8-10H2,1H3,(H,19,21)(H,20,23)/t11-,14+/m0/s1. The van der Waals surface area contributed by atoms with Crippen molar-refractivity contribution in [2.75, 3.05) is 24.2 Å². The van der Waals surface area contributed by atoms with Gasteiger partial charge < -0.3 is 15.4 Å². The fourth-order valence-corrected chi connectivity index (χ4v) is 4.43. The van der Waals surface area contributed by atoms with Crippen LogP contribution in [0.4, 0.5) is 5.13 Å². The summed E-state index contributed by atoms with van der Waals surface area (Å²) in [5.41, 5.74) is 1.07. The Morgan fingerprint density at radius 3 is 2.96 bits per heavy atom. The Kier molecular flexibility index (Phi) is 7.30. The molecule has 1 aromatic carbocycles. The van der Waals surface area contributed by atoms with Crippen molar-refractivity contribution in [2.24, 2.45) is 0 Å². The number of carbonyl (C=O) groups excluding carboxylic acids is 1. The number of aromatic nitrogens is 2. The molecule has 0 bridgehead atoms. The number of ether oxygens (including phenoxy) is 1. The lowest BCUT2D eigenvalue weighted by Crippen LogP contribution is -2.28. The van der Waals surface area contributed by atoms with Crippen molar-refractivity contribution in [1.29, 1.82) is 0 Å². The summed E-state index contributed by atoms with van der Waals surface area (Å²) >= 11 is 6.28. The lowest BCUT2D eigenvalue weighted by molar-refractivity contribution is -0.119. The minimum atomic E-state index is -0.0331. The first-order valence-corrected chi connectivity index (χ1v) is 11.1. The number of rotatable bonds is 8. The molecule has 26 heavy (non-hydrogen) atoms. The number of benzene rings is 1. The molecule has 1 aromatic heterocycles. The second-order valence-electron chi connectivity index (χ2n) is 6.02. The minimum absolute atomic E-state index is 0.0190. The van der Waals surface area contributed by atoms with E-state index in [1.807, 2.05) is 31.2 Å². The van der Waals surface area contributed by atoms with E-state index in [0.29, 0.717) is 5.75 Å². The third kappa shape index (κ3) is 5.94. The molecule has 2 N–H and O–H groups in total. The van der Waals surface area contributed by atoms with Crippen molar-refractivity contribution in [3.8, 4) is 0 Å². The summed E-state index contributed by atoms with van der Waals surface area (Å²) in [6, 6.07) is 7.91.